The smallest absolute Gasteiger partial charge is 0.332 e. The van der Waals surface area contributed by atoms with Gasteiger partial charge in [0.15, 0.2) is 11.2 Å². The highest BCUT2D eigenvalue weighted by Crippen LogP contribution is 2.38. The van der Waals surface area contributed by atoms with Crippen LogP contribution in [0.2, 0.25) is 0 Å². The topological polar surface area (TPSA) is 94.9 Å². The molecule has 0 bridgehead atoms. The van der Waals surface area contributed by atoms with E-state index in [9.17, 15) is 14.7 Å². The lowest BCUT2D eigenvalue weighted by atomic mass is 9.80. The molecular formula is C20H27N5O3. The highest BCUT2D eigenvalue weighted by molar-refractivity contribution is 5.69. The maximum absolute atomic E-state index is 12.5. The van der Waals surface area contributed by atoms with E-state index in [-0.39, 0.29) is 27.7 Å². The van der Waals surface area contributed by atoms with E-state index in [1.165, 1.54) is 23.5 Å². The van der Waals surface area contributed by atoms with E-state index in [1.807, 2.05) is 32.9 Å². The number of hydrogen-bond acceptors (Lipinski definition) is 5. The van der Waals surface area contributed by atoms with E-state index < -0.39 is 11.2 Å². The molecule has 8 nitrogen and oxygen atoms in total. The van der Waals surface area contributed by atoms with Gasteiger partial charge >= 0.3 is 5.69 Å². The average molecular weight is 385 g/mol. The predicted octanol–water partition coefficient (Wildman–Crippen LogP) is 2.12. The summed E-state index contributed by atoms with van der Waals surface area (Å²) < 4.78 is 2.27. The highest BCUT2D eigenvalue weighted by atomic mass is 16.3. The van der Waals surface area contributed by atoms with E-state index in [2.05, 4.69) is 31.0 Å². The molecule has 1 aromatic carbocycles. The van der Waals surface area contributed by atoms with Crippen LogP contribution in [0.3, 0.4) is 0 Å². The van der Waals surface area contributed by atoms with E-state index in [0.29, 0.717) is 5.69 Å². The average Bonchev–Trinajstić information content (AvgIpc) is 3.01. The monoisotopic (exact) mass is 385 g/mol. The largest absolute Gasteiger partial charge is 0.505 e. The lowest BCUT2D eigenvalue weighted by Gasteiger charge is -2.27. The minimum Gasteiger partial charge on any atom is -0.505 e. The first-order chi connectivity index (χ1) is 12.7. The van der Waals surface area contributed by atoms with Gasteiger partial charge in [0.25, 0.3) is 5.56 Å². The molecule has 0 fully saturated rings. The second kappa shape index (κ2) is 6.05. The zero-order valence-corrected chi connectivity index (χ0v) is 17.7. The second-order valence-corrected chi connectivity index (χ2v) is 9.26. The molecular weight excluding hydrogens is 358 g/mol. The van der Waals surface area contributed by atoms with E-state index >= 15 is 0 Å². The fourth-order valence-electron chi connectivity index (χ4n) is 3.11. The Morgan fingerprint density at radius 1 is 0.893 bits per heavy atom. The van der Waals surface area contributed by atoms with Crippen molar-refractivity contribution in [2.24, 2.45) is 14.1 Å². The Bertz CT molecular complexity index is 1200. The summed E-state index contributed by atoms with van der Waals surface area (Å²) in [7, 11) is 2.94. The third kappa shape index (κ3) is 3.02. The summed E-state index contributed by atoms with van der Waals surface area (Å²) in [6, 6.07) is 3.82. The van der Waals surface area contributed by atoms with Crippen LogP contribution in [0.5, 0.6) is 5.75 Å². The van der Waals surface area contributed by atoms with Gasteiger partial charge < -0.3 is 5.11 Å². The molecule has 0 saturated heterocycles. The minimum absolute atomic E-state index is 0.0580. The number of aromatic hydroxyl groups is 1. The fraction of sp³-hybridized carbons (Fsp3) is 0.500. The molecule has 3 rings (SSSR count). The molecule has 0 aliphatic heterocycles. The summed E-state index contributed by atoms with van der Waals surface area (Å²) in [5, 5.41) is 19.6. The van der Waals surface area contributed by atoms with E-state index in [4.69, 9.17) is 0 Å². The van der Waals surface area contributed by atoms with Crippen molar-refractivity contribution in [2.45, 2.75) is 52.4 Å². The van der Waals surface area contributed by atoms with Gasteiger partial charge in [-0.05, 0) is 22.5 Å². The van der Waals surface area contributed by atoms with Crippen LogP contribution in [-0.2, 0) is 24.9 Å². The van der Waals surface area contributed by atoms with Gasteiger partial charge in [0, 0.05) is 19.7 Å². The zero-order chi connectivity index (χ0) is 21.2. The van der Waals surface area contributed by atoms with Crippen molar-refractivity contribution in [2.75, 3.05) is 0 Å². The Balaban J connectivity index is 2.41. The maximum atomic E-state index is 12.5. The normalized spacial score (nSPS) is 12.7. The first-order valence-corrected chi connectivity index (χ1v) is 9.15. The molecule has 150 valence electrons. The molecule has 0 radical (unpaired) electrons. The van der Waals surface area contributed by atoms with Crippen LogP contribution in [-0.4, -0.2) is 29.2 Å². The Labute approximate surface area is 163 Å². The first-order valence-electron chi connectivity index (χ1n) is 9.15. The number of aromatic nitrogens is 5. The number of aryl methyl sites for hydroxylation is 1. The van der Waals surface area contributed by atoms with Gasteiger partial charge in [0.05, 0.1) is 0 Å². The van der Waals surface area contributed by atoms with Crippen LogP contribution in [0.1, 0.15) is 52.7 Å². The summed E-state index contributed by atoms with van der Waals surface area (Å²) in [4.78, 5) is 25.9. The van der Waals surface area contributed by atoms with Crippen LogP contribution >= 0.6 is 0 Å². The molecule has 28 heavy (non-hydrogen) atoms. The van der Waals surface area contributed by atoms with Crippen molar-refractivity contribution in [1.82, 2.24) is 24.1 Å². The molecule has 3 aromatic rings. The van der Waals surface area contributed by atoms with Gasteiger partial charge in [-0.1, -0.05) is 47.6 Å². The van der Waals surface area contributed by atoms with Gasteiger partial charge in [-0.2, -0.15) is 0 Å². The van der Waals surface area contributed by atoms with Gasteiger partial charge in [-0.3, -0.25) is 13.9 Å². The van der Waals surface area contributed by atoms with E-state index in [1.54, 1.807) is 0 Å². The number of phenolic OH excluding ortho intramolecular Hbond substituents is 1. The van der Waals surface area contributed by atoms with Crippen LogP contribution in [0.15, 0.2) is 21.7 Å². The molecule has 0 spiro atoms. The van der Waals surface area contributed by atoms with Crippen LogP contribution in [0, 0.1) is 0 Å². The van der Waals surface area contributed by atoms with E-state index in [0.717, 1.165) is 15.7 Å². The molecule has 0 aliphatic carbocycles. The lowest BCUT2D eigenvalue weighted by Crippen LogP contribution is -2.36. The molecule has 0 amide bonds. The third-order valence-electron chi connectivity index (χ3n) is 4.97. The molecule has 0 unspecified atom stereocenters. The number of rotatable bonds is 1. The summed E-state index contributed by atoms with van der Waals surface area (Å²) in [5.41, 5.74) is 0.913. The first kappa shape index (κ1) is 19.9. The van der Waals surface area contributed by atoms with Crippen molar-refractivity contribution < 1.29 is 5.11 Å². The number of fused-ring (bicyclic) bond motifs is 1. The van der Waals surface area contributed by atoms with Crippen LogP contribution in [0.25, 0.3) is 16.9 Å². The van der Waals surface area contributed by atoms with Crippen molar-refractivity contribution >= 4 is 11.2 Å². The SMILES string of the molecule is Cn1c(=O)c2nn(-c3cc(C(C)(C)C)cc(C(C)(C)C)c3O)nc2n(C)c1=O. The highest BCUT2D eigenvalue weighted by Gasteiger charge is 2.27. The lowest BCUT2D eigenvalue weighted by molar-refractivity contribution is 0.438. The third-order valence-corrected chi connectivity index (χ3v) is 4.97. The summed E-state index contributed by atoms with van der Waals surface area (Å²) >= 11 is 0. The van der Waals surface area contributed by atoms with Crippen molar-refractivity contribution in [3.8, 4) is 11.4 Å². The number of phenols is 1. The quantitative estimate of drug-likeness (QED) is 0.692. The van der Waals surface area contributed by atoms with Crippen LogP contribution in [0.4, 0.5) is 0 Å². The van der Waals surface area contributed by atoms with Crippen molar-refractivity contribution in [3.63, 3.8) is 0 Å². The molecule has 1 N–H and O–H groups in total. The Kier molecular flexibility index (Phi) is 4.29. The fourth-order valence-corrected chi connectivity index (χ4v) is 3.11. The summed E-state index contributed by atoms with van der Waals surface area (Å²) in [6.07, 6.45) is 0. The summed E-state index contributed by atoms with van der Waals surface area (Å²) in [6.45, 7) is 12.3. The van der Waals surface area contributed by atoms with Crippen molar-refractivity contribution in [3.05, 3.63) is 44.1 Å². The van der Waals surface area contributed by atoms with Gasteiger partial charge in [0.1, 0.15) is 11.4 Å². The number of benzene rings is 1. The number of hydrogen-bond donors (Lipinski definition) is 1. The molecule has 0 aliphatic rings. The Morgan fingerprint density at radius 2 is 1.50 bits per heavy atom. The van der Waals surface area contributed by atoms with Gasteiger partial charge in [-0.25, -0.2) is 4.79 Å². The van der Waals surface area contributed by atoms with Gasteiger partial charge in [-0.15, -0.1) is 15.0 Å². The second-order valence-electron chi connectivity index (χ2n) is 9.26. The maximum Gasteiger partial charge on any atom is 0.332 e. The van der Waals surface area contributed by atoms with Gasteiger partial charge in [0.2, 0.25) is 0 Å². The molecule has 2 aromatic heterocycles. The summed E-state index contributed by atoms with van der Waals surface area (Å²) in [5.74, 6) is 0.0580. The molecule has 0 saturated carbocycles. The standard InChI is InChI=1S/C20H27N5O3/c1-19(2,3)11-9-12(20(4,5)6)15(26)13(10-11)25-21-14-16(22-25)23(7)18(28)24(8)17(14)27/h9-10,26H,1-8H3. The minimum atomic E-state index is -0.521. The Hall–Kier alpha value is -2.90. The van der Waals surface area contributed by atoms with Crippen molar-refractivity contribution in [1.29, 1.82) is 0 Å². The molecule has 0 atom stereocenters. The molecule has 8 heteroatoms. The van der Waals surface area contributed by atoms with Crippen LogP contribution < -0.4 is 11.2 Å². The number of nitrogens with zero attached hydrogens (tertiary/aromatic N) is 5. The molecule has 2 heterocycles. The zero-order valence-electron chi connectivity index (χ0n) is 17.7. The predicted molar refractivity (Wildman–Crippen MR) is 108 cm³/mol. The Morgan fingerprint density at radius 3 is 2.04 bits per heavy atom.